The smallest absolute Gasteiger partial charge is 0.317 e. The number of hydrogen-bond donors (Lipinski definition) is 2. The molecular formula is C12H16FNO2. The van der Waals surface area contributed by atoms with Crippen LogP contribution in [0, 0.1) is 12.7 Å². The summed E-state index contributed by atoms with van der Waals surface area (Å²) in [5.74, 6) is -1.09. The van der Waals surface area contributed by atoms with Crippen LogP contribution in [-0.2, 0) is 11.2 Å². The lowest BCUT2D eigenvalue weighted by Crippen LogP contribution is -2.32. The highest BCUT2D eigenvalue weighted by atomic mass is 19.1. The van der Waals surface area contributed by atoms with Gasteiger partial charge in [-0.3, -0.25) is 4.79 Å². The number of benzene rings is 1. The van der Waals surface area contributed by atoms with Crippen LogP contribution in [0.1, 0.15) is 18.1 Å². The number of aliphatic carboxylic acids is 1. The van der Waals surface area contributed by atoms with Crippen molar-refractivity contribution in [1.29, 1.82) is 0 Å². The summed E-state index contributed by atoms with van der Waals surface area (Å²) in [5.41, 5.74) is 1.62. The molecular weight excluding hydrogens is 209 g/mol. The summed E-state index contributed by atoms with van der Waals surface area (Å²) in [6, 6.07) is 5.01. The second kappa shape index (κ2) is 5.61. The van der Waals surface area contributed by atoms with Crippen LogP contribution in [-0.4, -0.2) is 23.7 Å². The van der Waals surface area contributed by atoms with Crippen LogP contribution < -0.4 is 5.32 Å². The van der Waals surface area contributed by atoms with E-state index in [0.717, 1.165) is 5.56 Å². The lowest BCUT2D eigenvalue weighted by Gasteiger charge is -2.12. The van der Waals surface area contributed by atoms with Crippen molar-refractivity contribution in [3.05, 3.63) is 35.1 Å². The Balaban J connectivity index is 2.52. The molecule has 4 heteroatoms. The molecule has 1 rings (SSSR count). The first-order valence-corrected chi connectivity index (χ1v) is 5.19. The van der Waals surface area contributed by atoms with Gasteiger partial charge < -0.3 is 10.4 Å². The van der Waals surface area contributed by atoms with Gasteiger partial charge in [0, 0.05) is 6.04 Å². The summed E-state index contributed by atoms with van der Waals surface area (Å²) in [5, 5.41) is 11.4. The highest BCUT2D eigenvalue weighted by molar-refractivity contribution is 5.69. The van der Waals surface area contributed by atoms with Crippen molar-refractivity contribution >= 4 is 5.97 Å². The van der Waals surface area contributed by atoms with Gasteiger partial charge in [0.05, 0.1) is 6.54 Å². The van der Waals surface area contributed by atoms with Gasteiger partial charge in [-0.25, -0.2) is 4.39 Å². The second-order valence-corrected chi connectivity index (χ2v) is 3.96. The topological polar surface area (TPSA) is 49.3 Å². The molecule has 0 spiro atoms. The molecule has 2 N–H and O–H groups in total. The quantitative estimate of drug-likeness (QED) is 0.802. The lowest BCUT2D eigenvalue weighted by atomic mass is 10.0. The molecule has 0 fully saturated rings. The van der Waals surface area contributed by atoms with E-state index < -0.39 is 5.97 Å². The molecule has 3 nitrogen and oxygen atoms in total. The number of carboxylic acid groups (broad SMARTS) is 1. The minimum atomic E-state index is -0.873. The number of hydrogen-bond acceptors (Lipinski definition) is 2. The number of rotatable bonds is 5. The Hall–Kier alpha value is -1.42. The molecule has 1 aromatic carbocycles. The fraction of sp³-hybridized carbons (Fsp3) is 0.417. The van der Waals surface area contributed by atoms with Crippen molar-refractivity contribution in [2.24, 2.45) is 0 Å². The molecule has 0 aromatic heterocycles. The molecule has 1 unspecified atom stereocenters. The van der Waals surface area contributed by atoms with E-state index in [0.29, 0.717) is 12.0 Å². The molecule has 0 radical (unpaired) electrons. The summed E-state index contributed by atoms with van der Waals surface area (Å²) in [6.45, 7) is 3.57. The number of aryl methyl sites for hydroxylation is 1. The van der Waals surface area contributed by atoms with E-state index >= 15 is 0 Å². The van der Waals surface area contributed by atoms with E-state index in [4.69, 9.17) is 5.11 Å². The predicted molar refractivity (Wildman–Crippen MR) is 59.9 cm³/mol. The fourth-order valence-electron chi connectivity index (χ4n) is 1.52. The van der Waals surface area contributed by atoms with Gasteiger partial charge >= 0.3 is 5.97 Å². The average Bonchev–Trinajstić information content (AvgIpc) is 2.21. The molecule has 0 bridgehead atoms. The Bertz CT molecular complexity index is 379. The van der Waals surface area contributed by atoms with Gasteiger partial charge in [0.25, 0.3) is 0 Å². The van der Waals surface area contributed by atoms with Gasteiger partial charge in [-0.05, 0) is 37.5 Å². The number of halogens is 1. The number of carboxylic acids is 1. The molecule has 0 heterocycles. The van der Waals surface area contributed by atoms with Gasteiger partial charge in [-0.1, -0.05) is 12.1 Å². The summed E-state index contributed by atoms with van der Waals surface area (Å²) >= 11 is 0. The van der Waals surface area contributed by atoms with E-state index in [9.17, 15) is 9.18 Å². The van der Waals surface area contributed by atoms with E-state index in [-0.39, 0.29) is 18.4 Å². The van der Waals surface area contributed by atoms with Crippen LogP contribution >= 0.6 is 0 Å². The molecule has 0 saturated heterocycles. The minimum absolute atomic E-state index is 0.0542. The molecule has 0 aliphatic heterocycles. The van der Waals surface area contributed by atoms with Gasteiger partial charge in [0.1, 0.15) is 5.82 Å². The third-order valence-corrected chi connectivity index (χ3v) is 2.37. The zero-order valence-corrected chi connectivity index (χ0v) is 9.46. The van der Waals surface area contributed by atoms with Crippen molar-refractivity contribution in [2.75, 3.05) is 6.54 Å². The molecule has 0 aliphatic rings. The molecule has 1 aromatic rings. The van der Waals surface area contributed by atoms with Gasteiger partial charge in [-0.15, -0.1) is 0 Å². The number of nitrogens with one attached hydrogen (secondary N) is 1. The summed E-state index contributed by atoms with van der Waals surface area (Å²) < 4.78 is 13.0. The van der Waals surface area contributed by atoms with E-state index in [1.165, 1.54) is 6.07 Å². The Morgan fingerprint density at radius 2 is 2.25 bits per heavy atom. The standard InChI is InChI=1S/C12H16FNO2/c1-8-5-10(3-4-11(8)13)6-9(2)14-7-12(15)16/h3-5,9,14H,6-7H2,1-2H3,(H,15,16). The number of carbonyl (C=O) groups is 1. The third-order valence-electron chi connectivity index (χ3n) is 2.37. The summed E-state index contributed by atoms with van der Waals surface area (Å²) in [7, 11) is 0. The second-order valence-electron chi connectivity index (χ2n) is 3.96. The largest absolute Gasteiger partial charge is 0.480 e. The fourth-order valence-corrected chi connectivity index (χ4v) is 1.52. The van der Waals surface area contributed by atoms with Crippen molar-refractivity contribution in [3.63, 3.8) is 0 Å². The first-order valence-electron chi connectivity index (χ1n) is 5.19. The molecule has 88 valence electrons. The van der Waals surface area contributed by atoms with Gasteiger partial charge in [0.2, 0.25) is 0 Å². The lowest BCUT2D eigenvalue weighted by molar-refractivity contribution is -0.136. The maximum Gasteiger partial charge on any atom is 0.317 e. The zero-order chi connectivity index (χ0) is 12.1. The minimum Gasteiger partial charge on any atom is -0.480 e. The van der Waals surface area contributed by atoms with Crippen LogP contribution in [0.25, 0.3) is 0 Å². The van der Waals surface area contributed by atoms with E-state index in [2.05, 4.69) is 5.32 Å². The molecule has 0 aliphatic carbocycles. The van der Waals surface area contributed by atoms with Crippen molar-refractivity contribution < 1.29 is 14.3 Å². The molecule has 16 heavy (non-hydrogen) atoms. The third kappa shape index (κ3) is 3.98. The van der Waals surface area contributed by atoms with Crippen LogP contribution in [0.3, 0.4) is 0 Å². The average molecular weight is 225 g/mol. The monoisotopic (exact) mass is 225 g/mol. The molecule has 0 amide bonds. The van der Waals surface area contributed by atoms with Gasteiger partial charge in [0.15, 0.2) is 0 Å². The molecule has 1 atom stereocenters. The van der Waals surface area contributed by atoms with Crippen molar-refractivity contribution in [3.8, 4) is 0 Å². The van der Waals surface area contributed by atoms with E-state index in [1.807, 2.05) is 6.92 Å². The van der Waals surface area contributed by atoms with Crippen LogP contribution in [0.2, 0.25) is 0 Å². The van der Waals surface area contributed by atoms with Crippen LogP contribution in [0.15, 0.2) is 18.2 Å². The normalized spacial score (nSPS) is 12.4. The summed E-state index contributed by atoms with van der Waals surface area (Å²) in [6.07, 6.45) is 0.689. The Morgan fingerprint density at radius 1 is 1.56 bits per heavy atom. The van der Waals surface area contributed by atoms with E-state index in [1.54, 1.807) is 19.1 Å². The highest BCUT2D eigenvalue weighted by Gasteiger charge is 2.06. The first kappa shape index (κ1) is 12.6. The Kier molecular flexibility index (Phi) is 4.43. The predicted octanol–water partition coefficient (Wildman–Crippen LogP) is 1.74. The summed E-state index contributed by atoms with van der Waals surface area (Å²) in [4.78, 5) is 10.3. The first-order chi connectivity index (χ1) is 7.49. The Labute approximate surface area is 94.3 Å². The maximum atomic E-state index is 13.0. The molecule has 0 saturated carbocycles. The van der Waals surface area contributed by atoms with Crippen LogP contribution in [0.5, 0.6) is 0 Å². The Morgan fingerprint density at radius 3 is 2.81 bits per heavy atom. The van der Waals surface area contributed by atoms with Crippen molar-refractivity contribution in [1.82, 2.24) is 5.32 Å². The zero-order valence-electron chi connectivity index (χ0n) is 9.46. The van der Waals surface area contributed by atoms with Crippen molar-refractivity contribution in [2.45, 2.75) is 26.3 Å². The maximum absolute atomic E-state index is 13.0. The SMILES string of the molecule is Cc1cc(CC(C)NCC(=O)O)ccc1F. The highest BCUT2D eigenvalue weighted by Crippen LogP contribution is 2.10. The van der Waals surface area contributed by atoms with Crippen LogP contribution in [0.4, 0.5) is 4.39 Å². The van der Waals surface area contributed by atoms with Gasteiger partial charge in [-0.2, -0.15) is 0 Å².